The topological polar surface area (TPSA) is 56.3 Å². The van der Waals surface area contributed by atoms with E-state index in [1.807, 2.05) is 31.3 Å². The Balaban J connectivity index is 2.05. The molecule has 0 amide bonds. The van der Waals surface area contributed by atoms with Gasteiger partial charge in [-0.1, -0.05) is 28.6 Å². The molecule has 1 aromatic heterocycles. The predicted octanol–water partition coefficient (Wildman–Crippen LogP) is 2.20. The van der Waals surface area contributed by atoms with Gasteiger partial charge in [0.2, 0.25) is 0 Å². The molecule has 0 fully saturated rings. The summed E-state index contributed by atoms with van der Waals surface area (Å²) in [5, 5.41) is 12.5. The molecule has 0 spiro atoms. The Bertz CT molecular complexity index is 502. The van der Waals surface area contributed by atoms with Crippen molar-refractivity contribution in [1.29, 1.82) is 0 Å². The third kappa shape index (κ3) is 3.49. The summed E-state index contributed by atoms with van der Waals surface area (Å²) in [7, 11) is 3.54. The molecule has 0 aliphatic rings. The van der Waals surface area contributed by atoms with Crippen molar-refractivity contribution in [1.82, 2.24) is 15.5 Å². The van der Waals surface area contributed by atoms with Crippen LogP contribution in [0.3, 0.4) is 0 Å². The molecule has 2 rings (SSSR count). The summed E-state index contributed by atoms with van der Waals surface area (Å²) in [5.74, 6) is 0.747. The Labute approximate surface area is 110 Å². The first-order valence-corrected chi connectivity index (χ1v) is 6.36. The lowest BCUT2D eigenvalue weighted by Gasteiger charge is -2.03. The van der Waals surface area contributed by atoms with Gasteiger partial charge in [-0.15, -0.1) is 5.10 Å². The standard InChI is InChI=1S/C12H15N3O2S/c1-13-7-11-14-15-12(18-11)17-10-5-3-4-9(6-10)8-16-2/h3-6,13H,7-8H2,1-2H3. The molecule has 1 N–H and O–H groups in total. The van der Waals surface area contributed by atoms with Crippen molar-refractivity contribution in [2.24, 2.45) is 0 Å². The molecule has 18 heavy (non-hydrogen) atoms. The van der Waals surface area contributed by atoms with Gasteiger partial charge in [0, 0.05) is 13.7 Å². The zero-order valence-corrected chi connectivity index (χ0v) is 11.2. The summed E-state index contributed by atoms with van der Waals surface area (Å²) in [6, 6.07) is 7.74. The molecule has 6 heteroatoms. The lowest BCUT2D eigenvalue weighted by molar-refractivity contribution is 0.184. The molecule has 0 unspecified atom stereocenters. The van der Waals surface area contributed by atoms with Gasteiger partial charge in [0.25, 0.3) is 5.19 Å². The van der Waals surface area contributed by atoms with Crippen molar-refractivity contribution in [3.05, 3.63) is 34.8 Å². The van der Waals surface area contributed by atoms with Crippen molar-refractivity contribution < 1.29 is 9.47 Å². The van der Waals surface area contributed by atoms with E-state index in [1.165, 1.54) is 11.3 Å². The third-order valence-electron chi connectivity index (χ3n) is 2.19. The molecule has 0 saturated heterocycles. The Morgan fingerprint density at radius 2 is 2.22 bits per heavy atom. The smallest absolute Gasteiger partial charge is 0.299 e. The van der Waals surface area contributed by atoms with E-state index < -0.39 is 0 Å². The van der Waals surface area contributed by atoms with Crippen LogP contribution in [0.25, 0.3) is 0 Å². The molecule has 0 atom stereocenters. The van der Waals surface area contributed by atoms with E-state index >= 15 is 0 Å². The average molecular weight is 265 g/mol. The summed E-state index contributed by atoms with van der Waals surface area (Å²) in [6.45, 7) is 1.27. The first-order valence-electron chi connectivity index (χ1n) is 5.54. The van der Waals surface area contributed by atoms with Crippen LogP contribution in [0, 0.1) is 0 Å². The number of aromatic nitrogens is 2. The van der Waals surface area contributed by atoms with E-state index in [2.05, 4.69) is 15.5 Å². The number of benzene rings is 1. The number of ether oxygens (including phenoxy) is 2. The molecule has 0 saturated carbocycles. The summed E-state index contributed by atoms with van der Waals surface area (Å²) in [4.78, 5) is 0. The molecule has 96 valence electrons. The molecule has 1 aromatic carbocycles. The van der Waals surface area contributed by atoms with E-state index in [9.17, 15) is 0 Å². The van der Waals surface area contributed by atoms with Crippen LogP contribution in [0.5, 0.6) is 10.9 Å². The zero-order chi connectivity index (χ0) is 12.8. The van der Waals surface area contributed by atoms with E-state index in [0.717, 1.165) is 16.3 Å². The summed E-state index contributed by atoms with van der Waals surface area (Å²) in [6.07, 6.45) is 0. The first kappa shape index (κ1) is 12.9. The maximum Gasteiger partial charge on any atom is 0.299 e. The van der Waals surface area contributed by atoms with Crippen molar-refractivity contribution in [3.8, 4) is 10.9 Å². The monoisotopic (exact) mass is 265 g/mol. The fourth-order valence-corrected chi connectivity index (χ4v) is 2.19. The molecule has 1 heterocycles. The molecule has 0 aliphatic heterocycles. The van der Waals surface area contributed by atoms with Gasteiger partial charge in [-0.3, -0.25) is 0 Å². The van der Waals surface area contributed by atoms with Crippen LogP contribution in [-0.4, -0.2) is 24.4 Å². The highest BCUT2D eigenvalue weighted by molar-refractivity contribution is 7.13. The minimum Gasteiger partial charge on any atom is -0.430 e. The second-order valence-electron chi connectivity index (χ2n) is 3.67. The van der Waals surface area contributed by atoms with Gasteiger partial charge >= 0.3 is 0 Å². The minimum absolute atomic E-state index is 0.551. The van der Waals surface area contributed by atoms with Gasteiger partial charge in [-0.2, -0.15) is 0 Å². The molecule has 0 bridgehead atoms. The lowest BCUT2D eigenvalue weighted by Crippen LogP contribution is -2.04. The summed E-state index contributed by atoms with van der Waals surface area (Å²) < 4.78 is 10.7. The Kier molecular flexibility index (Phi) is 4.63. The number of hydrogen-bond acceptors (Lipinski definition) is 6. The largest absolute Gasteiger partial charge is 0.430 e. The molecule has 0 aliphatic carbocycles. The number of methoxy groups -OCH3 is 1. The fraction of sp³-hybridized carbons (Fsp3) is 0.333. The van der Waals surface area contributed by atoms with Crippen molar-refractivity contribution in [2.75, 3.05) is 14.2 Å². The quantitative estimate of drug-likeness (QED) is 0.867. The van der Waals surface area contributed by atoms with Crippen LogP contribution in [0.15, 0.2) is 24.3 Å². The number of hydrogen-bond donors (Lipinski definition) is 1. The Morgan fingerprint density at radius 1 is 1.33 bits per heavy atom. The number of rotatable bonds is 6. The van der Waals surface area contributed by atoms with Gasteiger partial charge in [-0.25, -0.2) is 0 Å². The maximum atomic E-state index is 5.65. The first-order chi connectivity index (χ1) is 8.81. The number of nitrogens with zero attached hydrogens (tertiary/aromatic N) is 2. The van der Waals surface area contributed by atoms with E-state index in [4.69, 9.17) is 9.47 Å². The number of nitrogens with one attached hydrogen (secondary N) is 1. The minimum atomic E-state index is 0.551. The molecular weight excluding hydrogens is 250 g/mol. The van der Waals surface area contributed by atoms with Crippen LogP contribution >= 0.6 is 11.3 Å². The van der Waals surface area contributed by atoms with Crippen LogP contribution in [0.1, 0.15) is 10.6 Å². The second kappa shape index (κ2) is 6.44. The van der Waals surface area contributed by atoms with Crippen LogP contribution in [0.2, 0.25) is 0 Å². The zero-order valence-electron chi connectivity index (χ0n) is 10.3. The lowest BCUT2D eigenvalue weighted by atomic mass is 10.2. The van der Waals surface area contributed by atoms with Gasteiger partial charge in [0.05, 0.1) is 6.61 Å². The fourth-order valence-electron chi connectivity index (χ4n) is 1.47. The second-order valence-corrected chi connectivity index (χ2v) is 4.70. The van der Waals surface area contributed by atoms with Crippen LogP contribution < -0.4 is 10.1 Å². The van der Waals surface area contributed by atoms with Crippen LogP contribution in [-0.2, 0) is 17.9 Å². The molecule has 5 nitrogen and oxygen atoms in total. The highest BCUT2D eigenvalue weighted by atomic mass is 32.1. The maximum absolute atomic E-state index is 5.65. The molecular formula is C12H15N3O2S. The Morgan fingerprint density at radius 3 is 3.00 bits per heavy atom. The van der Waals surface area contributed by atoms with E-state index in [1.54, 1.807) is 7.11 Å². The molecule has 2 aromatic rings. The third-order valence-corrected chi connectivity index (χ3v) is 2.99. The Hall–Kier alpha value is -1.50. The van der Waals surface area contributed by atoms with Gasteiger partial charge in [-0.05, 0) is 24.7 Å². The van der Waals surface area contributed by atoms with Gasteiger partial charge in [0.15, 0.2) is 0 Å². The van der Waals surface area contributed by atoms with Crippen molar-refractivity contribution in [2.45, 2.75) is 13.2 Å². The van der Waals surface area contributed by atoms with Gasteiger partial charge < -0.3 is 14.8 Å². The highest BCUT2D eigenvalue weighted by Gasteiger charge is 2.06. The predicted molar refractivity (Wildman–Crippen MR) is 69.9 cm³/mol. The summed E-state index contributed by atoms with van der Waals surface area (Å²) in [5.41, 5.74) is 1.06. The normalized spacial score (nSPS) is 10.6. The SMILES string of the molecule is CNCc1nnc(Oc2cccc(COC)c2)s1. The van der Waals surface area contributed by atoms with Gasteiger partial charge in [0.1, 0.15) is 10.8 Å². The van der Waals surface area contributed by atoms with Crippen LogP contribution in [0.4, 0.5) is 0 Å². The molecule has 0 radical (unpaired) electrons. The average Bonchev–Trinajstić information content (AvgIpc) is 2.78. The summed E-state index contributed by atoms with van der Waals surface area (Å²) >= 11 is 1.43. The highest BCUT2D eigenvalue weighted by Crippen LogP contribution is 2.25. The van der Waals surface area contributed by atoms with E-state index in [0.29, 0.717) is 18.3 Å². The van der Waals surface area contributed by atoms with Crippen molar-refractivity contribution in [3.63, 3.8) is 0 Å². The van der Waals surface area contributed by atoms with E-state index in [-0.39, 0.29) is 0 Å². The van der Waals surface area contributed by atoms with Crippen molar-refractivity contribution >= 4 is 11.3 Å².